The van der Waals surface area contributed by atoms with Crippen LogP contribution in [0.5, 0.6) is 0 Å². The second-order valence-corrected chi connectivity index (χ2v) is 5.61. The number of rotatable bonds is 3. The van der Waals surface area contributed by atoms with Crippen LogP contribution in [0.4, 0.5) is 0 Å². The van der Waals surface area contributed by atoms with E-state index in [0.717, 1.165) is 13.2 Å². The van der Waals surface area contributed by atoms with Crippen molar-refractivity contribution in [3.05, 3.63) is 35.4 Å². The molecular formula is C16H23NO. The summed E-state index contributed by atoms with van der Waals surface area (Å²) in [5.74, 6) is 0. The molecule has 1 aliphatic carbocycles. The lowest BCUT2D eigenvalue weighted by molar-refractivity contribution is 0.0151. The van der Waals surface area contributed by atoms with Gasteiger partial charge in [-0.25, -0.2) is 0 Å². The Kier molecular flexibility index (Phi) is 3.96. The van der Waals surface area contributed by atoms with Crippen molar-refractivity contribution >= 4 is 0 Å². The van der Waals surface area contributed by atoms with Gasteiger partial charge in [0.1, 0.15) is 0 Å². The molecule has 2 nitrogen and oxygen atoms in total. The molecule has 3 rings (SSSR count). The SMILES string of the molecule is c1ccc2c(c1)CCC(NCC1CCCCO1)C2. The summed E-state index contributed by atoms with van der Waals surface area (Å²) in [5, 5.41) is 3.71. The van der Waals surface area contributed by atoms with Gasteiger partial charge in [0.25, 0.3) is 0 Å². The zero-order valence-electron chi connectivity index (χ0n) is 11.0. The van der Waals surface area contributed by atoms with Gasteiger partial charge in [0.05, 0.1) is 6.10 Å². The summed E-state index contributed by atoms with van der Waals surface area (Å²) in [6, 6.07) is 9.51. The third kappa shape index (κ3) is 2.93. The number of aryl methyl sites for hydroxylation is 1. The van der Waals surface area contributed by atoms with E-state index >= 15 is 0 Å². The van der Waals surface area contributed by atoms with E-state index in [-0.39, 0.29) is 0 Å². The lowest BCUT2D eigenvalue weighted by Crippen LogP contribution is -2.40. The van der Waals surface area contributed by atoms with Crippen molar-refractivity contribution in [2.24, 2.45) is 0 Å². The third-order valence-corrected chi connectivity index (χ3v) is 4.26. The number of hydrogen-bond donors (Lipinski definition) is 1. The second-order valence-electron chi connectivity index (χ2n) is 5.61. The molecule has 1 N–H and O–H groups in total. The molecule has 0 radical (unpaired) electrons. The zero-order valence-corrected chi connectivity index (χ0v) is 11.0. The first kappa shape index (κ1) is 12.2. The fraction of sp³-hybridized carbons (Fsp3) is 0.625. The number of ether oxygens (including phenoxy) is 1. The van der Waals surface area contributed by atoms with E-state index in [1.165, 1.54) is 44.1 Å². The summed E-state index contributed by atoms with van der Waals surface area (Å²) in [4.78, 5) is 0. The van der Waals surface area contributed by atoms with Crippen LogP contribution in [-0.4, -0.2) is 25.3 Å². The summed E-state index contributed by atoms with van der Waals surface area (Å²) >= 11 is 0. The van der Waals surface area contributed by atoms with Crippen molar-refractivity contribution in [3.8, 4) is 0 Å². The Morgan fingerprint density at radius 3 is 2.83 bits per heavy atom. The second kappa shape index (κ2) is 5.85. The molecule has 1 heterocycles. The first-order valence-electron chi connectivity index (χ1n) is 7.33. The van der Waals surface area contributed by atoms with Gasteiger partial charge in [-0.2, -0.15) is 0 Å². The van der Waals surface area contributed by atoms with E-state index in [9.17, 15) is 0 Å². The van der Waals surface area contributed by atoms with Crippen LogP contribution in [0.2, 0.25) is 0 Å². The van der Waals surface area contributed by atoms with Crippen molar-refractivity contribution in [1.29, 1.82) is 0 Å². The van der Waals surface area contributed by atoms with Crippen LogP contribution in [0, 0.1) is 0 Å². The molecule has 98 valence electrons. The summed E-state index contributed by atoms with van der Waals surface area (Å²) in [7, 11) is 0. The Labute approximate surface area is 110 Å². The highest BCUT2D eigenvalue weighted by atomic mass is 16.5. The van der Waals surface area contributed by atoms with Crippen molar-refractivity contribution in [1.82, 2.24) is 5.32 Å². The van der Waals surface area contributed by atoms with Gasteiger partial charge in [-0.15, -0.1) is 0 Å². The molecule has 18 heavy (non-hydrogen) atoms. The van der Waals surface area contributed by atoms with Crippen molar-refractivity contribution in [3.63, 3.8) is 0 Å². The molecule has 2 aliphatic rings. The quantitative estimate of drug-likeness (QED) is 0.884. The zero-order chi connectivity index (χ0) is 12.2. The van der Waals surface area contributed by atoms with E-state index in [0.29, 0.717) is 12.1 Å². The van der Waals surface area contributed by atoms with Gasteiger partial charge in [0.15, 0.2) is 0 Å². The molecule has 1 saturated heterocycles. The monoisotopic (exact) mass is 245 g/mol. The fourth-order valence-electron chi connectivity index (χ4n) is 3.14. The molecule has 2 heteroatoms. The largest absolute Gasteiger partial charge is 0.377 e. The minimum absolute atomic E-state index is 0.455. The molecule has 1 aromatic carbocycles. The first-order valence-corrected chi connectivity index (χ1v) is 7.33. The number of fused-ring (bicyclic) bond motifs is 1. The smallest absolute Gasteiger partial charge is 0.0699 e. The number of benzene rings is 1. The van der Waals surface area contributed by atoms with Crippen molar-refractivity contribution in [2.75, 3.05) is 13.2 Å². The normalized spacial score (nSPS) is 27.8. The highest BCUT2D eigenvalue weighted by molar-refractivity contribution is 5.30. The molecule has 1 fully saturated rings. The summed E-state index contributed by atoms with van der Waals surface area (Å²) in [6.45, 7) is 1.99. The molecule has 0 aromatic heterocycles. The van der Waals surface area contributed by atoms with E-state index in [1.807, 2.05) is 0 Å². The highest BCUT2D eigenvalue weighted by Crippen LogP contribution is 2.21. The van der Waals surface area contributed by atoms with Gasteiger partial charge in [0.2, 0.25) is 0 Å². The minimum atomic E-state index is 0.455. The van der Waals surface area contributed by atoms with Crippen LogP contribution in [0.25, 0.3) is 0 Å². The standard InChI is InChI=1S/C16H23NO/c1-2-6-14-11-15(9-8-13(14)5-1)17-12-16-7-3-4-10-18-16/h1-2,5-6,15-17H,3-4,7-12H2. The Morgan fingerprint density at radius 2 is 2.00 bits per heavy atom. The minimum Gasteiger partial charge on any atom is -0.377 e. The van der Waals surface area contributed by atoms with Crippen molar-refractivity contribution in [2.45, 2.75) is 50.7 Å². The van der Waals surface area contributed by atoms with Gasteiger partial charge >= 0.3 is 0 Å². The van der Waals surface area contributed by atoms with Crippen LogP contribution >= 0.6 is 0 Å². The Morgan fingerprint density at radius 1 is 1.11 bits per heavy atom. The Hall–Kier alpha value is -0.860. The van der Waals surface area contributed by atoms with Gasteiger partial charge in [0, 0.05) is 19.2 Å². The lowest BCUT2D eigenvalue weighted by atomic mass is 9.88. The van der Waals surface area contributed by atoms with Gasteiger partial charge < -0.3 is 10.1 Å². The van der Waals surface area contributed by atoms with Gasteiger partial charge in [-0.1, -0.05) is 24.3 Å². The molecule has 0 spiro atoms. The highest BCUT2D eigenvalue weighted by Gasteiger charge is 2.20. The Balaban J connectivity index is 1.50. The molecular weight excluding hydrogens is 222 g/mol. The predicted molar refractivity (Wildman–Crippen MR) is 73.8 cm³/mol. The molecule has 0 saturated carbocycles. The van der Waals surface area contributed by atoms with Crippen LogP contribution in [0.3, 0.4) is 0 Å². The summed E-state index contributed by atoms with van der Waals surface area (Å²) < 4.78 is 5.78. The third-order valence-electron chi connectivity index (χ3n) is 4.26. The molecule has 2 atom stereocenters. The first-order chi connectivity index (χ1) is 8.92. The molecule has 2 unspecified atom stereocenters. The van der Waals surface area contributed by atoms with Crippen molar-refractivity contribution < 1.29 is 4.74 Å². The van der Waals surface area contributed by atoms with E-state index < -0.39 is 0 Å². The van der Waals surface area contributed by atoms with Crippen LogP contribution in [-0.2, 0) is 17.6 Å². The molecule has 0 amide bonds. The summed E-state index contributed by atoms with van der Waals surface area (Å²) in [5.41, 5.74) is 3.08. The average molecular weight is 245 g/mol. The van der Waals surface area contributed by atoms with Gasteiger partial charge in [-0.3, -0.25) is 0 Å². The maximum Gasteiger partial charge on any atom is 0.0699 e. The maximum absolute atomic E-state index is 5.78. The maximum atomic E-state index is 5.78. The molecule has 1 aromatic rings. The predicted octanol–water partition coefficient (Wildman–Crippen LogP) is 2.70. The lowest BCUT2D eigenvalue weighted by Gasteiger charge is -2.29. The Bertz CT molecular complexity index is 384. The topological polar surface area (TPSA) is 21.3 Å². The number of nitrogens with one attached hydrogen (secondary N) is 1. The molecule has 0 bridgehead atoms. The fourth-order valence-corrected chi connectivity index (χ4v) is 3.14. The van der Waals surface area contributed by atoms with E-state index in [2.05, 4.69) is 29.6 Å². The summed E-state index contributed by atoms with van der Waals surface area (Å²) in [6.07, 6.45) is 7.94. The van der Waals surface area contributed by atoms with Gasteiger partial charge in [-0.05, 0) is 49.7 Å². The van der Waals surface area contributed by atoms with E-state index in [1.54, 1.807) is 5.56 Å². The average Bonchev–Trinajstić information content (AvgIpc) is 2.46. The number of hydrogen-bond acceptors (Lipinski definition) is 2. The molecule has 1 aliphatic heterocycles. The van der Waals surface area contributed by atoms with Crippen LogP contribution in [0.15, 0.2) is 24.3 Å². The van der Waals surface area contributed by atoms with E-state index in [4.69, 9.17) is 4.74 Å². The van der Waals surface area contributed by atoms with Crippen LogP contribution < -0.4 is 5.32 Å². The van der Waals surface area contributed by atoms with Crippen LogP contribution in [0.1, 0.15) is 36.8 Å².